The average molecular weight is 166 g/mol. The lowest BCUT2D eigenvalue weighted by Crippen LogP contribution is -2.05. The Morgan fingerprint density at radius 3 is 3.08 bits per heavy atom. The van der Waals surface area contributed by atoms with Crippen LogP contribution < -0.4 is 5.32 Å². The lowest BCUT2D eigenvalue weighted by Gasteiger charge is -2.04. The summed E-state index contributed by atoms with van der Waals surface area (Å²) >= 11 is 0. The number of rotatable bonds is 3. The summed E-state index contributed by atoms with van der Waals surface area (Å²) in [5.41, 5.74) is 0.819. The number of anilines is 1. The molecule has 0 saturated carbocycles. The molecule has 2 N–H and O–H groups in total. The SMILES string of the molecule is CCNc1cnccc1C(=O)O. The summed E-state index contributed by atoms with van der Waals surface area (Å²) in [5, 5.41) is 11.6. The Hall–Kier alpha value is -1.58. The molecule has 0 fully saturated rings. The van der Waals surface area contributed by atoms with E-state index >= 15 is 0 Å². The maximum Gasteiger partial charge on any atom is 0.337 e. The smallest absolute Gasteiger partial charge is 0.337 e. The molecule has 0 unspecified atom stereocenters. The number of nitrogens with one attached hydrogen (secondary N) is 1. The molecule has 0 radical (unpaired) electrons. The maximum absolute atomic E-state index is 10.6. The van der Waals surface area contributed by atoms with E-state index in [9.17, 15) is 4.79 Å². The summed E-state index contributed by atoms with van der Waals surface area (Å²) in [4.78, 5) is 14.4. The van der Waals surface area contributed by atoms with Crippen LogP contribution in [0.2, 0.25) is 0 Å². The Balaban J connectivity index is 3.00. The van der Waals surface area contributed by atoms with Crippen LogP contribution in [-0.4, -0.2) is 22.6 Å². The molecule has 0 aliphatic heterocycles. The molecule has 0 amide bonds. The van der Waals surface area contributed by atoms with E-state index in [1.807, 2.05) is 6.92 Å². The molecule has 0 aliphatic rings. The van der Waals surface area contributed by atoms with Crippen molar-refractivity contribution in [1.82, 2.24) is 4.98 Å². The van der Waals surface area contributed by atoms with E-state index in [-0.39, 0.29) is 5.56 Å². The van der Waals surface area contributed by atoms with E-state index in [0.29, 0.717) is 12.2 Å². The number of carboxylic acid groups (broad SMARTS) is 1. The topological polar surface area (TPSA) is 62.2 Å². The maximum atomic E-state index is 10.6. The summed E-state index contributed by atoms with van der Waals surface area (Å²) in [7, 11) is 0. The van der Waals surface area contributed by atoms with Crippen LogP contribution in [0.3, 0.4) is 0 Å². The van der Waals surface area contributed by atoms with E-state index in [2.05, 4.69) is 10.3 Å². The number of aromatic nitrogens is 1. The van der Waals surface area contributed by atoms with Gasteiger partial charge in [-0.2, -0.15) is 0 Å². The van der Waals surface area contributed by atoms with Crippen LogP contribution in [0.5, 0.6) is 0 Å². The Morgan fingerprint density at radius 1 is 1.75 bits per heavy atom. The molecule has 1 rings (SSSR count). The zero-order valence-corrected chi connectivity index (χ0v) is 6.74. The van der Waals surface area contributed by atoms with Crippen molar-refractivity contribution < 1.29 is 9.90 Å². The van der Waals surface area contributed by atoms with Gasteiger partial charge in [-0.25, -0.2) is 4.79 Å². The molecule has 1 aromatic rings. The van der Waals surface area contributed by atoms with Crippen molar-refractivity contribution in [3.8, 4) is 0 Å². The largest absolute Gasteiger partial charge is 0.478 e. The van der Waals surface area contributed by atoms with Crippen LogP contribution in [-0.2, 0) is 0 Å². The van der Waals surface area contributed by atoms with Crippen LogP contribution in [0.4, 0.5) is 5.69 Å². The molecule has 4 nitrogen and oxygen atoms in total. The predicted molar refractivity (Wildman–Crippen MR) is 45.4 cm³/mol. The zero-order chi connectivity index (χ0) is 8.97. The number of nitrogens with zero attached hydrogens (tertiary/aromatic N) is 1. The average Bonchev–Trinajstić information content (AvgIpc) is 2.05. The second-order valence-electron chi connectivity index (χ2n) is 2.26. The summed E-state index contributed by atoms with van der Waals surface area (Å²) in [6.45, 7) is 2.59. The third-order valence-electron chi connectivity index (χ3n) is 1.42. The molecule has 0 bridgehead atoms. The van der Waals surface area contributed by atoms with Gasteiger partial charge in [0.25, 0.3) is 0 Å². The van der Waals surface area contributed by atoms with Crippen molar-refractivity contribution in [2.45, 2.75) is 6.92 Å². The first kappa shape index (κ1) is 8.52. The van der Waals surface area contributed by atoms with Crippen LogP contribution >= 0.6 is 0 Å². The van der Waals surface area contributed by atoms with Gasteiger partial charge in [0.05, 0.1) is 17.4 Å². The summed E-state index contributed by atoms with van der Waals surface area (Å²) in [6.07, 6.45) is 2.97. The van der Waals surface area contributed by atoms with Crippen molar-refractivity contribution in [3.63, 3.8) is 0 Å². The molecule has 0 saturated heterocycles. The molecule has 0 atom stereocenters. The summed E-state index contributed by atoms with van der Waals surface area (Å²) < 4.78 is 0. The van der Waals surface area contributed by atoms with Gasteiger partial charge in [-0.1, -0.05) is 0 Å². The Morgan fingerprint density at radius 2 is 2.50 bits per heavy atom. The Bertz CT molecular complexity index is 286. The van der Waals surface area contributed by atoms with Gasteiger partial charge >= 0.3 is 5.97 Å². The highest BCUT2D eigenvalue weighted by Crippen LogP contribution is 2.12. The summed E-state index contributed by atoms with van der Waals surface area (Å²) in [5.74, 6) is -0.937. The first-order valence-electron chi connectivity index (χ1n) is 3.67. The number of aromatic carboxylic acids is 1. The van der Waals surface area contributed by atoms with Gasteiger partial charge in [0.15, 0.2) is 0 Å². The van der Waals surface area contributed by atoms with Gasteiger partial charge in [-0.15, -0.1) is 0 Å². The van der Waals surface area contributed by atoms with Crippen LogP contribution in [0.25, 0.3) is 0 Å². The van der Waals surface area contributed by atoms with Crippen molar-refractivity contribution in [1.29, 1.82) is 0 Å². The first-order chi connectivity index (χ1) is 5.75. The lowest BCUT2D eigenvalue weighted by molar-refractivity contribution is 0.0698. The molecular formula is C8H10N2O2. The van der Waals surface area contributed by atoms with Gasteiger partial charge in [-0.3, -0.25) is 4.98 Å². The second kappa shape index (κ2) is 3.71. The van der Waals surface area contributed by atoms with Gasteiger partial charge in [0.1, 0.15) is 0 Å². The third-order valence-corrected chi connectivity index (χ3v) is 1.42. The standard InChI is InChI=1S/C8H10N2O2/c1-2-10-7-5-9-4-3-6(7)8(11)12/h3-5,10H,2H2,1H3,(H,11,12). The Labute approximate surface area is 70.3 Å². The molecule has 64 valence electrons. The number of hydrogen-bond acceptors (Lipinski definition) is 3. The second-order valence-corrected chi connectivity index (χ2v) is 2.26. The predicted octanol–water partition coefficient (Wildman–Crippen LogP) is 1.21. The van der Waals surface area contributed by atoms with Crippen molar-refractivity contribution in [2.75, 3.05) is 11.9 Å². The fourth-order valence-corrected chi connectivity index (χ4v) is 0.912. The van der Waals surface area contributed by atoms with Gasteiger partial charge in [-0.05, 0) is 13.0 Å². The lowest BCUT2D eigenvalue weighted by atomic mass is 10.2. The van der Waals surface area contributed by atoms with Crippen molar-refractivity contribution in [2.24, 2.45) is 0 Å². The number of hydrogen-bond donors (Lipinski definition) is 2. The first-order valence-corrected chi connectivity index (χ1v) is 3.67. The van der Waals surface area contributed by atoms with E-state index in [1.54, 1.807) is 0 Å². The van der Waals surface area contributed by atoms with E-state index in [4.69, 9.17) is 5.11 Å². The minimum atomic E-state index is -0.937. The van der Waals surface area contributed by atoms with Gasteiger partial charge in [0.2, 0.25) is 0 Å². The molecule has 12 heavy (non-hydrogen) atoms. The highest BCUT2D eigenvalue weighted by molar-refractivity contribution is 5.93. The number of pyridine rings is 1. The molecule has 1 aromatic heterocycles. The molecule has 1 heterocycles. The normalized spacial score (nSPS) is 9.42. The number of carboxylic acids is 1. The highest BCUT2D eigenvalue weighted by atomic mass is 16.4. The van der Waals surface area contributed by atoms with Gasteiger partial charge in [0, 0.05) is 12.7 Å². The van der Waals surface area contributed by atoms with Gasteiger partial charge < -0.3 is 10.4 Å². The molecule has 0 aliphatic carbocycles. The molecule has 4 heteroatoms. The van der Waals surface area contributed by atoms with E-state index in [0.717, 1.165) is 0 Å². The van der Waals surface area contributed by atoms with Crippen molar-refractivity contribution >= 4 is 11.7 Å². The molecule has 0 spiro atoms. The molecule has 0 aromatic carbocycles. The van der Waals surface area contributed by atoms with Crippen LogP contribution in [0, 0.1) is 0 Å². The van der Waals surface area contributed by atoms with E-state index < -0.39 is 5.97 Å². The summed E-state index contributed by atoms with van der Waals surface area (Å²) in [6, 6.07) is 1.47. The third kappa shape index (κ3) is 1.72. The van der Waals surface area contributed by atoms with Crippen LogP contribution in [0.1, 0.15) is 17.3 Å². The molecular weight excluding hydrogens is 156 g/mol. The van der Waals surface area contributed by atoms with Crippen molar-refractivity contribution in [3.05, 3.63) is 24.0 Å². The Kier molecular flexibility index (Phi) is 2.63. The zero-order valence-electron chi connectivity index (χ0n) is 6.74. The monoisotopic (exact) mass is 166 g/mol. The fraction of sp³-hybridized carbons (Fsp3) is 0.250. The van der Waals surface area contributed by atoms with Crippen LogP contribution in [0.15, 0.2) is 18.5 Å². The number of carbonyl (C=O) groups is 1. The minimum absolute atomic E-state index is 0.256. The quantitative estimate of drug-likeness (QED) is 0.708. The highest BCUT2D eigenvalue weighted by Gasteiger charge is 2.07. The minimum Gasteiger partial charge on any atom is -0.478 e. The van der Waals surface area contributed by atoms with E-state index in [1.165, 1.54) is 18.5 Å². The fourth-order valence-electron chi connectivity index (χ4n) is 0.912.